The van der Waals surface area contributed by atoms with Gasteiger partial charge in [-0.1, -0.05) is 0 Å². The summed E-state index contributed by atoms with van der Waals surface area (Å²) >= 11 is 0. The fraction of sp³-hybridized carbons (Fsp3) is 0. The number of hydrogen-bond acceptors (Lipinski definition) is 0. The maximum atomic E-state index is 6.75. The summed E-state index contributed by atoms with van der Waals surface area (Å²) in [5.41, 5.74) is 13.5. The average molecular weight is 331 g/mol. The third-order valence-corrected chi connectivity index (χ3v) is 0.607. The number of nitrogens with zero attached hydrogens (tertiary/aromatic N) is 3. The molecular weight excluding hydrogens is 323 g/mol. The molecule has 3 nitrogen and oxygen atoms in total. The van der Waals surface area contributed by atoms with Crippen LogP contribution in [0.1, 0.15) is 0 Å². The van der Waals surface area contributed by atoms with E-state index >= 15 is 0 Å². The van der Waals surface area contributed by atoms with Crippen LogP contribution in [0, 0.1) is 13.5 Å². The van der Waals surface area contributed by atoms with E-state index in [1.54, 1.807) is 0 Å². The zero-order valence-corrected chi connectivity index (χ0v) is 8.20. The molecule has 1 rings (SSSR count). The fourth-order valence-corrected chi connectivity index (χ4v) is 0.342. The molecule has 0 amide bonds. The molecule has 0 heterocycles. The third kappa shape index (κ3) is 17.6. The Morgan fingerprint density at radius 2 is 1.36 bits per heavy atom. The molecular formula is C7H8AuN3. The quantitative estimate of drug-likeness (QED) is 0.231. The Labute approximate surface area is 82.4 Å². The minimum Gasteiger partial charge on any atom is -0.373 e. The van der Waals surface area contributed by atoms with Gasteiger partial charge in [-0.05, 0) is 0 Å². The first-order valence-corrected chi connectivity index (χ1v) is 2.31. The molecule has 0 aliphatic rings. The Hall–Kier alpha value is -0.730. The molecule has 1 aromatic carbocycles. The standard InChI is InChI=1S/C6H5.CH3.Au.N3/c1-2-4-6-5-3-1;;;1-3-2/h1-5H;1H3;;/q2*-1;+3;-1. The van der Waals surface area contributed by atoms with Crippen molar-refractivity contribution in [2.45, 2.75) is 0 Å². The summed E-state index contributed by atoms with van der Waals surface area (Å²) in [7, 11) is 0. The van der Waals surface area contributed by atoms with Gasteiger partial charge in [0, 0.05) is 0 Å². The minimum absolute atomic E-state index is 0. The molecule has 0 saturated heterocycles. The largest absolute Gasteiger partial charge is 3.00 e. The molecule has 0 saturated carbocycles. The van der Waals surface area contributed by atoms with Crippen LogP contribution in [0.3, 0.4) is 0 Å². The van der Waals surface area contributed by atoms with E-state index in [0.717, 1.165) is 0 Å². The van der Waals surface area contributed by atoms with Crippen LogP contribution in [-0.2, 0) is 22.4 Å². The van der Waals surface area contributed by atoms with E-state index in [4.69, 9.17) is 11.1 Å². The molecule has 4 heteroatoms. The van der Waals surface area contributed by atoms with Gasteiger partial charge in [-0.25, -0.2) is 0 Å². The van der Waals surface area contributed by atoms with Crippen molar-refractivity contribution in [3.63, 3.8) is 0 Å². The second-order valence-corrected chi connectivity index (χ2v) is 1.17. The van der Waals surface area contributed by atoms with Crippen molar-refractivity contribution in [1.82, 2.24) is 0 Å². The predicted molar refractivity (Wildman–Crippen MR) is 41.8 cm³/mol. The van der Waals surface area contributed by atoms with Crippen LogP contribution in [0.5, 0.6) is 0 Å². The first kappa shape index (κ1) is 16.7. The normalized spacial score (nSPS) is 5.09. The molecule has 0 aromatic heterocycles. The molecule has 62 valence electrons. The Morgan fingerprint density at radius 3 is 1.45 bits per heavy atom. The third-order valence-electron chi connectivity index (χ3n) is 0.607. The summed E-state index contributed by atoms with van der Waals surface area (Å²) in [6.45, 7) is 0. The van der Waals surface area contributed by atoms with Gasteiger partial charge >= 0.3 is 22.4 Å². The first-order valence-electron chi connectivity index (χ1n) is 2.31. The molecule has 0 unspecified atom stereocenters. The van der Waals surface area contributed by atoms with Crippen LogP contribution in [0.4, 0.5) is 0 Å². The number of benzene rings is 1. The summed E-state index contributed by atoms with van der Waals surface area (Å²) < 4.78 is 0. The molecule has 0 aliphatic carbocycles. The van der Waals surface area contributed by atoms with Crippen molar-refractivity contribution in [2.75, 3.05) is 0 Å². The Bertz CT molecular complexity index is 144. The van der Waals surface area contributed by atoms with E-state index in [0.29, 0.717) is 0 Å². The van der Waals surface area contributed by atoms with Crippen LogP contribution in [0.25, 0.3) is 16.0 Å². The molecule has 0 atom stereocenters. The molecule has 0 N–H and O–H groups in total. The molecule has 0 bridgehead atoms. The van der Waals surface area contributed by atoms with E-state index in [9.17, 15) is 0 Å². The first-order chi connectivity index (χ1) is 4.41. The van der Waals surface area contributed by atoms with Crippen LogP contribution >= 0.6 is 0 Å². The SMILES string of the molecule is [Au+3].[CH3-].[N-]=[N+]=[N-].[c-]1ccccc1. The van der Waals surface area contributed by atoms with Gasteiger partial charge in [-0.3, -0.25) is 4.91 Å². The van der Waals surface area contributed by atoms with Crippen molar-refractivity contribution in [2.24, 2.45) is 0 Å². The Kier molecular flexibility index (Phi) is 24.5. The molecule has 1 aromatic rings. The number of rotatable bonds is 0. The van der Waals surface area contributed by atoms with Crippen molar-refractivity contribution in [1.29, 1.82) is 0 Å². The zero-order chi connectivity index (χ0) is 6.95. The smallest absolute Gasteiger partial charge is 0.373 e. The maximum absolute atomic E-state index is 6.75. The minimum atomic E-state index is 0. The summed E-state index contributed by atoms with van der Waals surface area (Å²) in [6.07, 6.45) is 0. The van der Waals surface area contributed by atoms with Gasteiger partial charge in [0.05, 0.1) is 0 Å². The number of hydrogen-bond donors (Lipinski definition) is 0. The van der Waals surface area contributed by atoms with Gasteiger partial charge in [0.2, 0.25) is 0 Å². The second kappa shape index (κ2) is 16.1. The summed E-state index contributed by atoms with van der Waals surface area (Å²) in [5.74, 6) is 0. The topological polar surface area (TPSA) is 58.7 Å². The van der Waals surface area contributed by atoms with Crippen LogP contribution in [0.2, 0.25) is 0 Å². The summed E-state index contributed by atoms with van der Waals surface area (Å²) in [4.78, 5) is 1.50. The van der Waals surface area contributed by atoms with Gasteiger partial charge in [0.15, 0.2) is 0 Å². The van der Waals surface area contributed by atoms with Crippen molar-refractivity contribution in [3.05, 3.63) is 59.8 Å². The van der Waals surface area contributed by atoms with Gasteiger partial charge in [0.1, 0.15) is 0 Å². The molecule has 0 radical (unpaired) electrons. The van der Waals surface area contributed by atoms with Crippen LogP contribution < -0.4 is 0 Å². The fourth-order valence-electron chi connectivity index (χ4n) is 0.342. The van der Waals surface area contributed by atoms with Crippen molar-refractivity contribution < 1.29 is 22.4 Å². The van der Waals surface area contributed by atoms with Gasteiger partial charge in [0.25, 0.3) is 0 Å². The van der Waals surface area contributed by atoms with E-state index < -0.39 is 0 Å². The Balaban J connectivity index is -0.000000116. The molecule has 0 fully saturated rings. The van der Waals surface area contributed by atoms with Gasteiger partial charge < -0.3 is 18.5 Å². The zero-order valence-electron chi connectivity index (χ0n) is 6.03. The summed E-state index contributed by atoms with van der Waals surface area (Å²) in [5, 5.41) is 0. The van der Waals surface area contributed by atoms with Crippen molar-refractivity contribution >= 4 is 0 Å². The maximum Gasteiger partial charge on any atom is 3.00 e. The molecule has 11 heavy (non-hydrogen) atoms. The monoisotopic (exact) mass is 331 g/mol. The van der Waals surface area contributed by atoms with Gasteiger partial charge in [-0.15, -0.1) is 0 Å². The molecule has 0 aliphatic heterocycles. The van der Waals surface area contributed by atoms with Crippen LogP contribution in [-0.4, -0.2) is 0 Å². The van der Waals surface area contributed by atoms with Crippen LogP contribution in [0.15, 0.2) is 30.3 Å². The van der Waals surface area contributed by atoms with E-state index in [-0.39, 0.29) is 29.8 Å². The Morgan fingerprint density at radius 1 is 1.00 bits per heavy atom. The van der Waals surface area contributed by atoms with E-state index in [1.165, 1.54) is 4.91 Å². The average Bonchev–Trinajstić information content (AvgIpc) is 1.93. The van der Waals surface area contributed by atoms with E-state index in [1.807, 2.05) is 30.3 Å². The second-order valence-electron chi connectivity index (χ2n) is 1.17. The van der Waals surface area contributed by atoms with Gasteiger partial charge in [-0.2, -0.15) is 36.4 Å². The predicted octanol–water partition coefficient (Wildman–Crippen LogP) is 2.80. The molecule has 0 spiro atoms. The summed E-state index contributed by atoms with van der Waals surface area (Å²) in [6, 6.07) is 12.5. The van der Waals surface area contributed by atoms with Crippen molar-refractivity contribution in [3.8, 4) is 0 Å². The van der Waals surface area contributed by atoms with E-state index in [2.05, 4.69) is 6.07 Å².